The second-order valence-corrected chi connectivity index (χ2v) is 4.35. The molecule has 0 heterocycles. The van der Waals surface area contributed by atoms with Crippen LogP contribution in [0.2, 0.25) is 0 Å². The fourth-order valence-corrected chi connectivity index (χ4v) is 1.72. The van der Waals surface area contributed by atoms with Crippen molar-refractivity contribution in [3.05, 3.63) is 84.4 Å². The first kappa shape index (κ1) is 17.0. The Labute approximate surface area is 136 Å². The summed E-state index contributed by atoms with van der Waals surface area (Å²) in [6.07, 6.45) is 0. The van der Waals surface area contributed by atoms with Crippen molar-refractivity contribution in [2.24, 2.45) is 4.99 Å². The van der Waals surface area contributed by atoms with Crippen LogP contribution in [0.5, 0.6) is 5.75 Å². The molecule has 1 N–H and O–H groups in total. The fourth-order valence-electron chi connectivity index (χ4n) is 1.72. The summed E-state index contributed by atoms with van der Waals surface area (Å²) in [5.74, 6) is 0.264. The van der Waals surface area contributed by atoms with Gasteiger partial charge in [0, 0.05) is 0 Å². The van der Waals surface area contributed by atoms with Crippen LogP contribution >= 0.6 is 0 Å². The van der Waals surface area contributed by atoms with Gasteiger partial charge in [-0.15, -0.1) is 5.56 Å². The number of aromatic hydroxyl groups is 1. The zero-order valence-electron chi connectivity index (χ0n) is 11.8. The summed E-state index contributed by atoms with van der Waals surface area (Å²) in [6.45, 7) is 1.97. The van der Waals surface area contributed by atoms with Crippen LogP contribution in [0.4, 0.5) is 5.69 Å². The van der Waals surface area contributed by atoms with Crippen LogP contribution < -0.4 is 0 Å². The van der Waals surface area contributed by atoms with Gasteiger partial charge in [-0.25, -0.2) is 24.3 Å². The zero-order chi connectivity index (χ0) is 14.2. The molecule has 0 unspecified atom stereocenters. The van der Waals surface area contributed by atoms with Gasteiger partial charge in [-0.3, -0.25) is 4.99 Å². The molecular formula is C18H17FeNO. The minimum Gasteiger partial charge on any atom is -0.508 e. The van der Waals surface area contributed by atoms with Gasteiger partial charge in [-0.1, -0.05) is 0 Å². The molecule has 2 nitrogen and oxygen atoms in total. The standard InChI is InChI=1S/C13H12NO.C5H5.Fe/c1-10(11-4-2-3-5-11)14-12-6-8-13(15)9-7-12;1-2-4-5-3-1;/h2-9,15H,1H3;1-5H;/q2*-1;+2. The van der Waals surface area contributed by atoms with Gasteiger partial charge in [0.2, 0.25) is 0 Å². The van der Waals surface area contributed by atoms with Crippen molar-refractivity contribution in [3.8, 4) is 5.75 Å². The number of benzene rings is 1. The van der Waals surface area contributed by atoms with Crippen LogP contribution in [-0.2, 0) is 17.1 Å². The molecule has 3 aromatic rings. The maximum Gasteiger partial charge on any atom is 2.00 e. The first-order valence-electron chi connectivity index (χ1n) is 6.49. The van der Waals surface area contributed by atoms with E-state index in [9.17, 15) is 0 Å². The second-order valence-electron chi connectivity index (χ2n) is 4.35. The van der Waals surface area contributed by atoms with Gasteiger partial charge < -0.3 is 5.11 Å². The molecule has 0 aromatic heterocycles. The van der Waals surface area contributed by atoms with E-state index in [2.05, 4.69) is 4.99 Å². The van der Waals surface area contributed by atoms with Gasteiger partial charge in [-0.2, -0.15) is 30.3 Å². The Hall–Kier alpha value is -2.09. The summed E-state index contributed by atoms with van der Waals surface area (Å²) in [4.78, 5) is 4.45. The van der Waals surface area contributed by atoms with Crippen molar-refractivity contribution in [2.75, 3.05) is 0 Å². The third-order valence-corrected chi connectivity index (χ3v) is 2.78. The summed E-state index contributed by atoms with van der Waals surface area (Å²) < 4.78 is 0. The number of nitrogens with zero attached hydrogens (tertiary/aromatic N) is 1. The van der Waals surface area contributed by atoms with Gasteiger partial charge in [0.05, 0.1) is 5.69 Å². The molecule has 0 radical (unpaired) electrons. The van der Waals surface area contributed by atoms with Crippen LogP contribution in [0.3, 0.4) is 0 Å². The van der Waals surface area contributed by atoms with E-state index < -0.39 is 0 Å². The largest absolute Gasteiger partial charge is 2.00 e. The summed E-state index contributed by atoms with van der Waals surface area (Å²) in [7, 11) is 0. The predicted molar refractivity (Wildman–Crippen MR) is 84.0 cm³/mol. The molecule has 108 valence electrons. The summed E-state index contributed by atoms with van der Waals surface area (Å²) >= 11 is 0. The van der Waals surface area contributed by atoms with E-state index in [1.807, 2.05) is 61.5 Å². The van der Waals surface area contributed by atoms with E-state index in [-0.39, 0.29) is 22.8 Å². The van der Waals surface area contributed by atoms with Gasteiger partial charge >= 0.3 is 17.1 Å². The molecule has 0 aliphatic rings. The van der Waals surface area contributed by atoms with E-state index >= 15 is 0 Å². The molecule has 3 aromatic carbocycles. The molecule has 0 saturated carbocycles. The van der Waals surface area contributed by atoms with Crippen molar-refractivity contribution in [2.45, 2.75) is 6.92 Å². The van der Waals surface area contributed by atoms with E-state index in [1.54, 1.807) is 24.3 Å². The molecule has 3 rings (SSSR count). The third-order valence-electron chi connectivity index (χ3n) is 2.78. The van der Waals surface area contributed by atoms with Crippen molar-refractivity contribution in [1.29, 1.82) is 0 Å². The monoisotopic (exact) mass is 319 g/mol. The van der Waals surface area contributed by atoms with Crippen molar-refractivity contribution in [3.63, 3.8) is 0 Å². The molecule has 21 heavy (non-hydrogen) atoms. The second kappa shape index (κ2) is 8.96. The molecule has 3 heteroatoms. The van der Waals surface area contributed by atoms with Gasteiger partial charge in [-0.05, 0) is 36.9 Å². The Balaban J connectivity index is 0.000000313. The number of hydrogen-bond donors (Lipinski definition) is 1. The smallest absolute Gasteiger partial charge is 0.508 e. The average Bonchev–Trinajstić information content (AvgIpc) is 3.17. The maximum absolute atomic E-state index is 9.13. The van der Waals surface area contributed by atoms with Crippen LogP contribution in [0.15, 0.2) is 83.9 Å². The van der Waals surface area contributed by atoms with Crippen LogP contribution in [0, 0.1) is 0 Å². The van der Waals surface area contributed by atoms with E-state index in [0.29, 0.717) is 0 Å². The Bertz CT molecular complexity index is 605. The molecule has 0 fully saturated rings. The predicted octanol–water partition coefficient (Wildman–Crippen LogP) is 4.65. The zero-order valence-corrected chi connectivity index (χ0v) is 12.9. The van der Waals surface area contributed by atoms with E-state index in [1.165, 1.54) is 0 Å². The Kier molecular flexibility index (Phi) is 7.24. The van der Waals surface area contributed by atoms with Crippen molar-refractivity contribution < 1.29 is 22.2 Å². The van der Waals surface area contributed by atoms with Gasteiger partial charge in [0.25, 0.3) is 0 Å². The summed E-state index contributed by atoms with van der Waals surface area (Å²) in [5.41, 5.74) is 2.96. The topological polar surface area (TPSA) is 32.6 Å². The van der Waals surface area contributed by atoms with E-state index in [0.717, 1.165) is 17.0 Å². The first-order chi connectivity index (χ1) is 9.75. The Morgan fingerprint density at radius 1 is 1.00 bits per heavy atom. The minimum absolute atomic E-state index is 0. The SMILES string of the molecule is CC(=Nc1ccc(O)cc1)[c-]1cccc1.[Fe+2].c1cc[cH-]c1. The molecule has 0 bridgehead atoms. The molecule has 0 aliphatic heterocycles. The number of phenols is 1. The van der Waals surface area contributed by atoms with Crippen LogP contribution in [-0.4, -0.2) is 10.8 Å². The Morgan fingerprint density at radius 3 is 2.05 bits per heavy atom. The third kappa shape index (κ3) is 5.82. The molecule has 0 aliphatic carbocycles. The molecule has 0 atom stereocenters. The summed E-state index contributed by atoms with van der Waals surface area (Å²) in [6, 6.07) is 24.9. The molecule has 0 spiro atoms. The average molecular weight is 319 g/mol. The van der Waals surface area contributed by atoms with Crippen molar-refractivity contribution >= 4 is 11.4 Å². The molecular weight excluding hydrogens is 302 g/mol. The van der Waals surface area contributed by atoms with Crippen molar-refractivity contribution in [1.82, 2.24) is 0 Å². The van der Waals surface area contributed by atoms with Crippen LogP contribution in [0.1, 0.15) is 12.5 Å². The maximum atomic E-state index is 9.13. The number of rotatable bonds is 2. The Morgan fingerprint density at radius 2 is 1.57 bits per heavy atom. The number of aliphatic imine (C=N–C) groups is 1. The quantitative estimate of drug-likeness (QED) is 0.416. The molecule has 0 amide bonds. The molecule has 0 saturated heterocycles. The normalized spacial score (nSPS) is 10.2. The number of hydrogen-bond acceptors (Lipinski definition) is 2. The fraction of sp³-hybridized carbons (Fsp3) is 0.0556. The minimum atomic E-state index is 0. The summed E-state index contributed by atoms with van der Waals surface area (Å²) in [5, 5.41) is 9.13. The number of phenolic OH excluding ortho intramolecular Hbond substituents is 1. The van der Waals surface area contributed by atoms with Crippen LogP contribution in [0.25, 0.3) is 0 Å². The van der Waals surface area contributed by atoms with Gasteiger partial charge in [0.15, 0.2) is 0 Å². The van der Waals surface area contributed by atoms with Gasteiger partial charge in [0.1, 0.15) is 5.75 Å². The first-order valence-corrected chi connectivity index (χ1v) is 6.49. The van der Waals surface area contributed by atoms with E-state index in [4.69, 9.17) is 5.11 Å².